The SMILES string of the molecule is CC(C)(C)OC(=O)N1CCN(c2ccc3c(=O)n(-c4ccc(OC(F)(F)F)c(NC(=O)C5(N6CC7CC(C6)O7)CC5)c4)cnc3c2)CC1. The summed E-state index contributed by atoms with van der Waals surface area (Å²) in [5, 5.41) is 2.98. The van der Waals surface area contributed by atoms with Crippen LogP contribution in [-0.2, 0) is 14.3 Å². The molecule has 4 aliphatic heterocycles. The van der Waals surface area contributed by atoms with Crippen LogP contribution >= 0.6 is 0 Å². The Morgan fingerprint density at radius 2 is 1.65 bits per heavy atom. The van der Waals surface area contributed by atoms with Crippen LogP contribution in [0.1, 0.15) is 40.0 Å². The lowest BCUT2D eigenvalue weighted by atomic mass is 9.96. The summed E-state index contributed by atoms with van der Waals surface area (Å²) < 4.78 is 56.7. The number of benzene rings is 2. The molecule has 12 nitrogen and oxygen atoms in total. The van der Waals surface area contributed by atoms with Gasteiger partial charge in [-0.2, -0.15) is 0 Å². The molecule has 0 radical (unpaired) electrons. The van der Waals surface area contributed by atoms with Crippen molar-refractivity contribution in [2.75, 3.05) is 49.5 Å². The highest BCUT2D eigenvalue weighted by molar-refractivity contribution is 6.01. The molecule has 4 saturated heterocycles. The van der Waals surface area contributed by atoms with Crippen molar-refractivity contribution < 1.29 is 37.0 Å². The third-order valence-corrected chi connectivity index (χ3v) is 9.26. The fourth-order valence-corrected chi connectivity index (χ4v) is 6.69. The van der Waals surface area contributed by atoms with Gasteiger partial charge in [0, 0.05) is 51.4 Å². The van der Waals surface area contributed by atoms with Gasteiger partial charge in [0.25, 0.3) is 5.56 Å². The average Bonchev–Trinajstić information content (AvgIpc) is 3.83. The molecular formula is C33H37F3N6O6. The maximum Gasteiger partial charge on any atom is 0.573 e. The van der Waals surface area contributed by atoms with Crippen LogP contribution < -0.4 is 20.5 Å². The highest BCUT2D eigenvalue weighted by Gasteiger charge is 2.58. The van der Waals surface area contributed by atoms with Gasteiger partial charge < -0.3 is 29.3 Å². The molecule has 2 bridgehead atoms. The molecule has 15 heteroatoms. The number of alkyl halides is 3. The summed E-state index contributed by atoms with van der Waals surface area (Å²) in [6.45, 7) is 8.74. The summed E-state index contributed by atoms with van der Waals surface area (Å²) in [5.74, 6) is -1.00. The van der Waals surface area contributed by atoms with E-state index in [0.29, 0.717) is 63.0 Å². The first-order chi connectivity index (χ1) is 22.7. The third-order valence-electron chi connectivity index (χ3n) is 9.26. The number of halogens is 3. The minimum absolute atomic E-state index is 0.0687. The van der Waals surface area contributed by atoms with Crippen molar-refractivity contribution in [1.82, 2.24) is 19.4 Å². The summed E-state index contributed by atoms with van der Waals surface area (Å²) in [4.78, 5) is 49.9. The second-order valence-corrected chi connectivity index (χ2v) is 13.8. The molecule has 5 fully saturated rings. The zero-order chi connectivity index (χ0) is 34.0. The van der Waals surface area contributed by atoms with Gasteiger partial charge in [-0.3, -0.25) is 19.1 Å². The van der Waals surface area contributed by atoms with Crippen molar-refractivity contribution in [1.29, 1.82) is 0 Å². The number of aromatic nitrogens is 2. The molecule has 8 rings (SSSR count). The van der Waals surface area contributed by atoms with E-state index in [4.69, 9.17) is 9.47 Å². The third kappa shape index (κ3) is 6.40. The molecule has 2 amide bonds. The fourth-order valence-electron chi connectivity index (χ4n) is 6.69. The fraction of sp³-hybridized carbons (Fsp3) is 0.515. The van der Waals surface area contributed by atoms with Gasteiger partial charge in [-0.25, -0.2) is 9.78 Å². The Labute approximate surface area is 274 Å². The molecule has 2 unspecified atom stereocenters. The van der Waals surface area contributed by atoms with E-state index in [2.05, 4.69) is 24.8 Å². The Balaban J connectivity index is 1.11. The molecule has 1 aliphatic carbocycles. The average molecular weight is 671 g/mol. The van der Waals surface area contributed by atoms with Crippen molar-refractivity contribution in [3.8, 4) is 11.4 Å². The largest absolute Gasteiger partial charge is 0.573 e. The highest BCUT2D eigenvalue weighted by Crippen LogP contribution is 2.47. The van der Waals surface area contributed by atoms with E-state index in [1.807, 2.05) is 20.8 Å². The molecule has 0 spiro atoms. The Bertz CT molecular complexity index is 1800. The van der Waals surface area contributed by atoms with Gasteiger partial charge in [-0.15, -0.1) is 13.2 Å². The van der Waals surface area contributed by atoms with Gasteiger partial charge >= 0.3 is 12.5 Å². The van der Waals surface area contributed by atoms with Gasteiger partial charge in [0.2, 0.25) is 5.91 Å². The summed E-state index contributed by atoms with van der Waals surface area (Å²) in [6.07, 6.45) is -1.79. The molecule has 48 heavy (non-hydrogen) atoms. The van der Waals surface area contributed by atoms with Gasteiger partial charge in [0.05, 0.1) is 34.5 Å². The number of nitrogens with one attached hydrogen (secondary N) is 1. The number of carbonyl (C=O) groups excluding carboxylic acids is 2. The maximum atomic E-state index is 13.6. The number of carbonyl (C=O) groups is 2. The number of fused-ring (bicyclic) bond motifs is 3. The van der Waals surface area contributed by atoms with E-state index in [-0.39, 0.29) is 29.7 Å². The van der Waals surface area contributed by atoms with Gasteiger partial charge in [0.1, 0.15) is 17.5 Å². The van der Waals surface area contributed by atoms with Crippen LogP contribution in [0.25, 0.3) is 16.6 Å². The topological polar surface area (TPSA) is 118 Å². The number of hydrogen-bond donors (Lipinski definition) is 1. The van der Waals surface area contributed by atoms with Crippen molar-refractivity contribution in [3.05, 3.63) is 53.1 Å². The Kier molecular flexibility index (Phi) is 7.81. The van der Waals surface area contributed by atoms with Gasteiger partial charge in [0.15, 0.2) is 5.75 Å². The first-order valence-electron chi connectivity index (χ1n) is 16.0. The van der Waals surface area contributed by atoms with Crippen LogP contribution in [0, 0.1) is 0 Å². The smallest absolute Gasteiger partial charge is 0.444 e. The van der Waals surface area contributed by atoms with Crippen LogP contribution in [0.15, 0.2) is 47.5 Å². The van der Waals surface area contributed by atoms with E-state index in [1.54, 1.807) is 23.1 Å². The summed E-state index contributed by atoms with van der Waals surface area (Å²) in [5.41, 5.74) is -0.550. The van der Waals surface area contributed by atoms with Crippen molar-refractivity contribution >= 4 is 34.3 Å². The normalized spacial score (nSPS) is 22.2. The highest BCUT2D eigenvalue weighted by atomic mass is 19.4. The lowest BCUT2D eigenvalue weighted by Crippen LogP contribution is -2.62. The molecule has 3 aromatic rings. The van der Waals surface area contributed by atoms with E-state index < -0.39 is 34.7 Å². The van der Waals surface area contributed by atoms with E-state index in [9.17, 15) is 27.6 Å². The van der Waals surface area contributed by atoms with Gasteiger partial charge in [-0.1, -0.05) is 0 Å². The van der Waals surface area contributed by atoms with Crippen molar-refractivity contribution in [2.45, 2.75) is 69.7 Å². The first-order valence-corrected chi connectivity index (χ1v) is 16.0. The second kappa shape index (κ2) is 11.7. The molecule has 2 atom stereocenters. The number of piperazine rings is 1. The summed E-state index contributed by atoms with van der Waals surface area (Å²) >= 11 is 0. The lowest BCUT2D eigenvalue weighted by molar-refractivity contribution is -0.274. The molecular weight excluding hydrogens is 633 g/mol. The lowest BCUT2D eigenvalue weighted by Gasteiger charge is -2.49. The zero-order valence-electron chi connectivity index (χ0n) is 26.9. The molecule has 5 aliphatic rings. The van der Waals surface area contributed by atoms with Crippen LogP contribution in [0.5, 0.6) is 5.75 Å². The Morgan fingerprint density at radius 1 is 0.979 bits per heavy atom. The zero-order valence-corrected chi connectivity index (χ0v) is 26.9. The summed E-state index contributed by atoms with van der Waals surface area (Å²) in [6, 6.07) is 8.94. The second-order valence-electron chi connectivity index (χ2n) is 13.8. The molecule has 1 saturated carbocycles. The number of hydrogen-bond acceptors (Lipinski definition) is 9. The molecule has 2 aromatic carbocycles. The van der Waals surface area contributed by atoms with Crippen LogP contribution in [0.3, 0.4) is 0 Å². The quantitative estimate of drug-likeness (QED) is 0.410. The number of rotatable bonds is 6. The predicted octanol–water partition coefficient (Wildman–Crippen LogP) is 4.29. The predicted molar refractivity (Wildman–Crippen MR) is 169 cm³/mol. The van der Waals surface area contributed by atoms with E-state index >= 15 is 0 Å². The van der Waals surface area contributed by atoms with Crippen molar-refractivity contribution in [3.63, 3.8) is 0 Å². The minimum atomic E-state index is -4.99. The number of anilines is 2. The monoisotopic (exact) mass is 670 g/mol. The van der Waals surface area contributed by atoms with Gasteiger partial charge in [-0.05, 0) is 70.0 Å². The van der Waals surface area contributed by atoms with Crippen LogP contribution in [-0.4, -0.2) is 100 Å². The number of nitrogens with zero attached hydrogens (tertiary/aromatic N) is 5. The number of ether oxygens (including phenoxy) is 3. The Hall–Kier alpha value is -4.37. The number of amides is 2. The van der Waals surface area contributed by atoms with Crippen LogP contribution in [0.2, 0.25) is 0 Å². The van der Waals surface area contributed by atoms with E-state index in [1.165, 1.54) is 23.0 Å². The number of morpholine rings is 1. The molecule has 1 N–H and O–H groups in total. The minimum Gasteiger partial charge on any atom is -0.444 e. The first kappa shape index (κ1) is 32.2. The summed E-state index contributed by atoms with van der Waals surface area (Å²) in [7, 11) is 0. The molecule has 1 aromatic heterocycles. The van der Waals surface area contributed by atoms with E-state index in [0.717, 1.165) is 18.2 Å². The number of piperidine rings is 1. The standard InChI is InChI=1S/C33H37F3N6O6/c1-31(2,3)48-30(45)40-12-10-39(11-13-40)20-4-6-24-25(14-20)37-19-42(28(24)43)21-5-7-27(47-33(34,35)36)26(15-21)38-29(44)32(8-9-32)41-17-22-16-23(18-41)46-22/h4-7,14-15,19,22-23H,8-13,16-18H2,1-3H3,(H,38,44). The Morgan fingerprint density at radius 3 is 2.27 bits per heavy atom. The van der Waals surface area contributed by atoms with Crippen LogP contribution in [0.4, 0.5) is 29.3 Å². The molecule has 256 valence electrons. The molecule has 5 heterocycles. The van der Waals surface area contributed by atoms with Crippen molar-refractivity contribution in [2.24, 2.45) is 0 Å². The maximum absolute atomic E-state index is 13.6.